The zero-order valence-corrected chi connectivity index (χ0v) is 34.0. The summed E-state index contributed by atoms with van der Waals surface area (Å²) in [6.07, 6.45) is 10.8. The van der Waals surface area contributed by atoms with Crippen molar-refractivity contribution in [2.75, 3.05) is 33.5 Å². The predicted molar refractivity (Wildman–Crippen MR) is 224 cm³/mol. The van der Waals surface area contributed by atoms with Gasteiger partial charge in [0.2, 0.25) is 5.79 Å². The number of aliphatic hydroxyl groups excluding tert-OH is 2. The summed E-state index contributed by atoms with van der Waals surface area (Å²) in [5.41, 5.74) is 2.11. The lowest BCUT2D eigenvalue weighted by Gasteiger charge is -2.59. The van der Waals surface area contributed by atoms with E-state index in [-0.39, 0.29) is 50.6 Å². The molecule has 10 heteroatoms. The highest BCUT2D eigenvalue weighted by Crippen LogP contribution is 2.62. The van der Waals surface area contributed by atoms with Gasteiger partial charge in [0.05, 0.1) is 24.8 Å². The van der Waals surface area contributed by atoms with Crippen molar-refractivity contribution in [2.45, 2.75) is 95.5 Å². The Labute approximate surface area is 337 Å². The number of hydrogen-bond acceptors (Lipinski definition) is 9. The number of hydrogen-bond donors (Lipinski definition) is 2. The minimum Gasteiger partial charge on any atom is -0.459 e. The number of carbonyl (C=O) groups excluding carboxylic acids is 1. The van der Waals surface area contributed by atoms with Crippen LogP contribution in [-0.4, -0.2) is 77.8 Å². The molecule has 306 valence electrons. The quantitative estimate of drug-likeness (QED) is 0.0745. The van der Waals surface area contributed by atoms with E-state index in [0.29, 0.717) is 30.8 Å². The monoisotopic (exact) mass is 780 g/mol. The van der Waals surface area contributed by atoms with Gasteiger partial charge in [-0.05, 0) is 111 Å². The van der Waals surface area contributed by atoms with Crippen LogP contribution in [0.3, 0.4) is 0 Å². The molecule has 6 rings (SSSR count). The second-order valence-electron chi connectivity index (χ2n) is 16.4. The van der Waals surface area contributed by atoms with Gasteiger partial charge in [0.1, 0.15) is 28.9 Å². The number of amides is 1. The Hall–Kier alpha value is -4.64. The summed E-state index contributed by atoms with van der Waals surface area (Å²) in [6, 6.07) is 19.6. The van der Waals surface area contributed by atoms with Crippen molar-refractivity contribution in [2.24, 2.45) is 22.9 Å². The molecular formula is C47H60N2O8. The van der Waals surface area contributed by atoms with Crippen molar-refractivity contribution >= 4 is 22.6 Å². The maximum Gasteiger partial charge on any atom is 0.409 e. The molecule has 0 spiro atoms. The Kier molecular flexibility index (Phi) is 13.8. The number of oxime groups is 1. The lowest BCUT2D eigenvalue weighted by Crippen LogP contribution is -2.69. The molecule has 0 aromatic heterocycles. The predicted octanol–water partition coefficient (Wildman–Crippen LogP) is 9.71. The number of benzene rings is 3. The first kappa shape index (κ1) is 42.0. The number of aliphatic hydroxyl groups is 2. The Morgan fingerprint density at radius 1 is 0.965 bits per heavy atom. The molecule has 3 aliphatic rings. The van der Waals surface area contributed by atoms with Gasteiger partial charge in [-0.2, -0.15) is 0 Å². The molecule has 1 amide bonds. The Bertz CT molecular complexity index is 1930. The minimum absolute atomic E-state index is 0.0858. The number of likely N-dealkylation sites (N-methyl/N-ethyl adjacent to an activating group) is 1. The van der Waals surface area contributed by atoms with Crippen molar-refractivity contribution in [3.05, 3.63) is 103 Å². The second-order valence-corrected chi connectivity index (χ2v) is 16.4. The zero-order chi connectivity index (χ0) is 40.6. The topological polar surface area (TPSA) is 119 Å². The van der Waals surface area contributed by atoms with Crippen molar-refractivity contribution in [1.82, 2.24) is 4.90 Å². The van der Waals surface area contributed by atoms with Crippen LogP contribution >= 0.6 is 0 Å². The summed E-state index contributed by atoms with van der Waals surface area (Å²) in [5.74, 6) is 0.273. The average Bonchev–Trinajstić information content (AvgIpc) is 3.20. The summed E-state index contributed by atoms with van der Waals surface area (Å²) in [4.78, 5) is 21.6. The molecule has 0 unspecified atom stereocenters. The third-order valence-corrected chi connectivity index (χ3v) is 11.3. The molecule has 0 bridgehead atoms. The van der Waals surface area contributed by atoms with Crippen LogP contribution in [0, 0.1) is 17.8 Å². The maximum atomic E-state index is 13.9. The molecule has 1 saturated carbocycles. The zero-order valence-electron chi connectivity index (χ0n) is 34.0. The first-order valence-corrected chi connectivity index (χ1v) is 20.5. The van der Waals surface area contributed by atoms with Gasteiger partial charge < -0.3 is 38.9 Å². The fraction of sp³-hybridized carbons (Fsp3) is 0.489. The van der Waals surface area contributed by atoms with Crippen LogP contribution in [0.15, 0.2) is 103 Å². The first-order valence-electron chi connectivity index (χ1n) is 20.5. The summed E-state index contributed by atoms with van der Waals surface area (Å²) in [7, 11) is 1.73. The molecule has 2 aliphatic carbocycles. The Morgan fingerprint density at radius 3 is 2.40 bits per heavy atom. The summed E-state index contributed by atoms with van der Waals surface area (Å²) in [6.45, 7) is 14.2. The van der Waals surface area contributed by atoms with Crippen LogP contribution in [-0.2, 0) is 14.3 Å². The van der Waals surface area contributed by atoms with Gasteiger partial charge in [-0.15, -0.1) is 13.2 Å². The highest BCUT2D eigenvalue weighted by Gasteiger charge is 2.65. The lowest BCUT2D eigenvalue weighted by atomic mass is 9.55. The van der Waals surface area contributed by atoms with Crippen LogP contribution in [0.2, 0.25) is 0 Å². The van der Waals surface area contributed by atoms with E-state index in [2.05, 4.69) is 43.5 Å². The van der Waals surface area contributed by atoms with E-state index >= 15 is 0 Å². The van der Waals surface area contributed by atoms with Gasteiger partial charge in [0.15, 0.2) is 0 Å². The molecule has 1 heterocycles. The third-order valence-electron chi connectivity index (χ3n) is 11.3. The number of allylic oxidation sites excluding steroid dienone is 1. The molecule has 0 saturated heterocycles. The first-order chi connectivity index (χ1) is 27.5. The molecule has 57 heavy (non-hydrogen) atoms. The highest BCUT2D eigenvalue weighted by atomic mass is 16.7. The van der Waals surface area contributed by atoms with Crippen molar-refractivity contribution in [3.8, 4) is 17.2 Å². The molecular weight excluding hydrogens is 721 g/mol. The van der Waals surface area contributed by atoms with Crippen LogP contribution < -0.4 is 9.47 Å². The molecule has 10 nitrogen and oxygen atoms in total. The van der Waals surface area contributed by atoms with Gasteiger partial charge in [-0.3, -0.25) is 0 Å². The Balaban J connectivity index is 1.55. The Morgan fingerprint density at radius 2 is 1.68 bits per heavy atom. The second kappa shape index (κ2) is 18.7. The standard InChI is InChI=1S/C47H60N2O8/c1-7-9-27-53-45(52)49(6)42-31-40(48-57-46(3,4)5)38-29-34(18-12-14-24-50)37(19-13-15-25-51)43-39-30-36(55-35-21-20-32-16-10-11-17-33(32)28-35)22-23-41(39)56-47(42,44(38)43)54-26-8-2/h7-8,10-11,16-17,20-23,28-30,34,37,42-44,50-51H,1-2,9,12-15,18-19,24-27,31H2,3-6H3/t34-,37+,42-,43+,44+,47+/m0/s1. The van der Waals surface area contributed by atoms with Crippen LogP contribution in [0.25, 0.3) is 10.8 Å². The fourth-order valence-corrected chi connectivity index (χ4v) is 8.81. The van der Waals surface area contributed by atoms with Gasteiger partial charge in [0, 0.05) is 38.2 Å². The summed E-state index contributed by atoms with van der Waals surface area (Å²) in [5, 5.41) is 26.8. The van der Waals surface area contributed by atoms with Gasteiger partial charge in [-0.1, -0.05) is 66.6 Å². The fourth-order valence-electron chi connectivity index (χ4n) is 8.81. The lowest BCUT2D eigenvalue weighted by molar-refractivity contribution is -0.253. The van der Waals surface area contributed by atoms with Crippen LogP contribution in [0.4, 0.5) is 4.79 Å². The van der Waals surface area contributed by atoms with E-state index in [4.69, 9.17) is 28.9 Å². The molecule has 3 aromatic rings. The number of unbranched alkanes of at least 4 members (excludes halogenated alkanes) is 2. The molecule has 1 fully saturated rings. The van der Waals surface area contributed by atoms with Crippen LogP contribution in [0.1, 0.15) is 83.6 Å². The number of carbonyl (C=O) groups is 1. The SMILES string of the molecule is C=CCCOC(=O)N(C)[C@H]1CC(=NOC(C)(C)C)C2=C[C@H](CCCCO)[C@@H](CCCCO)[C@@H]3c4cc(Oc5ccc6ccccc6c5)ccc4O[C@@]1(OCC=C)[C@H]23. The number of fused-ring (bicyclic) bond motifs is 3. The van der Waals surface area contributed by atoms with E-state index in [1.54, 1.807) is 24.1 Å². The van der Waals surface area contributed by atoms with Gasteiger partial charge in [0.25, 0.3) is 0 Å². The molecule has 0 radical (unpaired) electrons. The van der Waals surface area contributed by atoms with E-state index in [9.17, 15) is 15.0 Å². The molecule has 3 aromatic carbocycles. The van der Waals surface area contributed by atoms with E-state index < -0.39 is 29.4 Å². The molecule has 2 N–H and O–H groups in total. The third kappa shape index (κ3) is 9.40. The number of ether oxygens (including phenoxy) is 4. The largest absolute Gasteiger partial charge is 0.459 e. The van der Waals surface area contributed by atoms with Gasteiger partial charge >= 0.3 is 6.09 Å². The van der Waals surface area contributed by atoms with Crippen LogP contribution in [0.5, 0.6) is 17.2 Å². The number of rotatable bonds is 18. The smallest absolute Gasteiger partial charge is 0.409 e. The average molecular weight is 781 g/mol. The van der Waals surface area contributed by atoms with Gasteiger partial charge in [-0.25, -0.2) is 4.79 Å². The number of nitrogens with zero attached hydrogens (tertiary/aromatic N) is 2. The maximum absolute atomic E-state index is 13.9. The van der Waals surface area contributed by atoms with E-state index in [1.165, 1.54) is 0 Å². The van der Waals surface area contributed by atoms with E-state index in [1.807, 2.05) is 57.2 Å². The minimum atomic E-state index is -1.36. The van der Waals surface area contributed by atoms with Crippen molar-refractivity contribution < 1.29 is 38.8 Å². The summed E-state index contributed by atoms with van der Waals surface area (Å²) < 4.78 is 26.5. The highest BCUT2D eigenvalue weighted by molar-refractivity contribution is 6.03. The van der Waals surface area contributed by atoms with Crippen molar-refractivity contribution in [3.63, 3.8) is 0 Å². The molecule has 1 aliphatic heterocycles. The summed E-state index contributed by atoms with van der Waals surface area (Å²) >= 11 is 0. The van der Waals surface area contributed by atoms with E-state index in [0.717, 1.165) is 59.1 Å². The normalized spacial score (nSPS) is 24.4. The molecule has 6 atom stereocenters. The van der Waals surface area contributed by atoms with Crippen molar-refractivity contribution in [1.29, 1.82) is 0 Å².